The highest BCUT2D eigenvalue weighted by atomic mass is 35.5. The van der Waals surface area contributed by atoms with Gasteiger partial charge in [-0.3, -0.25) is 72.5 Å². The molecule has 4 aromatic rings. The van der Waals surface area contributed by atoms with Crippen molar-refractivity contribution in [2.75, 3.05) is 39.3 Å². The molecule has 10 rings (SSSR count). The zero-order valence-corrected chi connectivity index (χ0v) is 64.4. The van der Waals surface area contributed by atoms with Gasteiger partial charge in [0.25, 0.3) is 17.7 Å². The summed E-state index contributed by atoms with van der Waals surface area (Å²) in [4.78, 5) is 172. The Morgan fingerprint density at radius 2 is 0.898 bits per heavy atom. The summed E-state index contributed by atoms with van der Waals surface area (Å²) in [5, 5.41) is 29.4. The van der Waals surface area contributed by atoms with Gasteiger partial charge in [0.2, 0.25) is 47.1 Å². The van der Waals surface area contributed by atoms with Crippen LogP contribution in [0.1, 0.15) is 189 Å². The number of Topliss-reactive ketones (excluding diaryl/α,β-unsaturated/α-hetero) is 1. The maximum Gasteiger partial charge on any atom is 0.287 e. The molecule has 4 saturated carbocycles. The number of amides is 10. The number of nitrogens with zero attached hydrogens (tertiary/aromatic N) is 8. The Labute approximate surface area is 642 Å². The topological polar surface area (TPSA) is 397 Å². The maximum atomic E-state index is 14.5. The number of rotatable bonds is 28. The molecule has 2 aromatic heterocycles. The van der Waals surface area contributed by atoms with Crippen molar-refractivity contribution in [3.63, 3.8) is 0 Å². The van der Waals surface area contributed by atoms with Gasteiger partial charge in [-0.15, -0.1) is 0 Å². The Balaban J connectivity index is 0.000000249. The predicted octanol–water partition coefficient (Wildman–Crippen LogP) is 5.36. The number of carbonyl (C=O) groups is 11. The van der Waals surface area contributed by atoms with Crippen LogP contribution in [-0.4, -0.2) is 203 Å². The van der Waals surface area contributed by atoms with Crippen LogP contribution in [0.5, 0.6) is 0 Å². The summed E-state index contributed by atoms with van der Waals surface area (Å²) >= 11 is 12.3. The minimum absolute atomic E-state index is 0.00100. The average Bonchev–Trinajstić information content (AvgIpc) is 0.798. The number of benzene rings is 2. The normalized spacial score (nSPS) is 20.5. The lowest BCUT2D eigenvalue weighted by atomic mass is 9.79. The van der Waals surface area contributed by atoms with Crippen molar-refractivity contribution in [2.24, 2.45) is 46.0 Å². The fourth-order valence-corrected chi connectivity index (χ4v) is 15.5. The number of aliphatic hydroxyl groups is 1. The van der Waals surface area contributed by atoms with Gasteiger partial charge in [-0.2, -0.15) is 0 Å². The van der Waals surface area contributed by atoms with Crippen molar-refractivity contribution < 1.29 is 57.8 Å². The van der Waals surface area contributed by atoms with Gasteiger partial charge in [-0.05, 0) is 108 Å². The number of nitrogens with one attached hydrogen (secondary N) is 6. The van der Waals surface area contributed by atoms with E-state index in [1.54, 1.807) is 34.1 Å². The quantitative estimate of drug-likeness (QED) is 0.0323. The van der Waals surface area contributed by atoms with E-state index < -0.39 is 118 Å². The Morgan fingerprint density at radius 1 is 0.500 bits per heavy atom. The average molecular weight is 1530 g/mol. The van der Waals surface area contributed by atoms with E-state index in [1.807, 2.05) is 75.6 Å². The highest BCUT2D eigenvalue weighted by Crippen LogP contribution is 2.35. The van der Waals surface area contributed by atoms with Gasteiger partial charge in [-0.25, -0.2) is 9.97 Å². The first kappa shape index (κ1) is 83.5. The first-order valence-electron chi connectivity index (χ1n) is 38.1. The third kappa shape index (κ3) is 23.2. The van der Waals surface area contributed by atoms with Gasteiger partial charge in [0.05, 0.1) is 24.5 Å². The molecule has 28 nitrogen and oxygen atoms in total. The number of hydrogen-bond donors (Lipinski definition) is 9. The summed E-state index contributed by atoms with van der Waals surface area (Å²) in [7, 11) is 0. The molecule has 0 bridgehead atoms. The second kappa shape index (κ2) is 38.7. The first-order chi connectivity index (χ1) is 51.4. The van der Waals surface area contributed by atoms with Crippen LogP contribution in [0.2, 0.25) is 10.0 Å². The smallest absolute Gasteiger partial charge is 0.287 e. The Bertz CT molecular complexity index is 3760. The lowest BCUT2D eigenvalue weighted by molar-refractivity contribution is -0.146. The van der Waals surface area contributed by atoms with E-state index in [-0.39, 0.29) is 73.1 Å². The Kier molecular flexibility index (Phi) is 29.9. The lowest BCUT2D eigenvalue weighted by Gasteiger charge is -2.44. The minimum atomic E-state index is -1.56. The molecule has 3 unspecified atom stereocenters. The number of primary amides is 2. The van der Waals surface area contributed by atoms with Crippen LogP contribution in [0, 0.1) is 34.5 Å². The van der Waals surface area contributed by atoms with E-state index in [4.69, 9.17) is 34.7 Å². The molecule has 2 saturated heterocycles. The molecule has 108 heavy (non-hydrogen) atoms. The molecule has 2 aromatic carbocycles. The van der Waals surface area contributed by atoms with Crippen molar-refractivity contribution in [3.05, 3.63) is 118 Å². The minimum Gasteiger partial charge on any atom is -0.381 e. The van der Waals surface area contributed by atoms with Crippen LogP contribution in [0.3, 0.4) is 0 Å². The SMILES string of the molecule is CC(C)(C)[C@H](NC(=O)[C@@H](NC(=O)c1cnccn1)C1CCCCC1)C(=O)N1CCN(Cc2ccc(Cl)cc2)[C@@H](C(=O)NC(CC2CCC2)C(=O)C(N)=O)C1.CC(C)(C)[C@H](NC(=O)[C@@H](NC(=O)c1cnccn1)C1CCCCC1)C(=O)N1CCN(Cc2ccc(Cl)cc2)[C@@H](C(=O)NC(CC2CCC2)C(O)C(N)=O)C1. The standard InChI is InChI=1S/C39H55ClN8O6.C39H53ClN8O6/c2*1-39(2,3)33(46-37(53)31(26-10-5-4-6-11-26)45-35(51)29-21-42-16-17-43-29)38(54)48-19-18-47(22-25-12-14-27(40)15-13-25)30(23-48)36(52)44-28(32(49)34(41)50)20-24-8-7-9-24/h12-17,21,24,26,28,30-33,49H,4-11,18-20,22-23H2,1-3H3,(H2,41,50)(H,44,52)(H,45,51)(H,46,53);12-17,21,24,26,28,30-31,33H,4-11,18-20,22-23H2,1-3H3,(H2,41,50)(H,44,52)(H,45,51)(H,46,53)/t28?,30-,31+,32?,33-;28?,30-,31+,33-/m11/s1. The summed E-state index contributed by atoms with van der Waals surface area (Å²) < 4.78 is 0. The number of aliphatic hydroxyl groups excluding tert-OH is 1. The second-order valence-corrected chi connectivity index (χ2v) is 33.0. The first-order valence-corrected chi connectivity index (χ1v) is 38.9. The molecule has 4 heterocycles. The highest BCUT2D eigenvalue weighted by molar-refractivity contribution is 6.38. The Hall–Kier alpha value is -8.57. The summed E-state index contributed by atoms with van der Waals surface area (Å²) in [6.45, 7) is 13.1. The van der Waals surface area contributed by atoms with Crippen molar-refractivity contribution >= 4 is 88.1 Å². The van der Waals surface area contributed by atoms with Gasteiger partial charge in [-0.1, -0.05) is 166 Å². The molecule has 0 spiro atoms. The monoisotopic (exact) mass is 1530 g/mol. The van der Waals surface area contributed by atoms with E-state index in [9.17, 15) is 57.8 Å². The van der Waals surface area contributed by atoms with Crippen molar-refractivity contribution in [2.45, 2.75) is 225 Å². The molecule has 11 N–H and O–H groups in total. The van der Waals surface area contributed by atoms with E-state index in [0.717, 1.165) is 114 Å². The molecular weight excluding hydrogens is 1420 g/mol. The third-order valence-corrected chi connectivity index (χ3v) is 22.6. The van der Waals surface area contributed by atoms with Gasteiger partial charge < -0.3 is 58.3 Å². The Morgan fingerprint density at radius 3 is 1.25 bits per heavy atom. The molecule has 6 aliphatic rings. The zero-order chi connectivity index (χ0) is 78.0. The van der Waals surface area contributed by atoms with Crippen LogP contribution in [-0.2, 0) is 56.2 Å². The number of ketones is 1. The number of piperazine rings is 2. The molecule has 10 amide bonds. The van der Waals surface area contributed by atoms with E-state index >= 15 is 0 Å². The van der Waals surface area contributed by atoms with Gasteiger partial charge in [0, 0.05) is 87.2 Å². The van der Waals surface area contributed by atoms with Crippen LogP contribution in [0.25, 0.3) is 0 Å². The third-order valence-electron chi connectivity index (χ3n) is 22.1. The van der Waals surface area contributed by atoms with Crippen LogP contribution >= 0.6 is 23.2 Å². The fourth-order valence-electron chi connectivity index (χ4n) is 15.3. The largest absolute Gasteiger partial charge is 0.381 e. The van der Waals surface area contributed by atoms with E-state index in [2.05, 4.69) is 51.8 Å². The molecule has 2 aliphatic heterocycles. The van der Waals surface area contributed by atoms with Crippen LogP contribution in [0.4, 0.5) is 0 Å². The van der Waals surface area contributed by atoms with Crippen LogP contribution in [0.15, 0.2) is 85.7 Å². The summed E-state index contributed by atoms with van der Waals surface area (Å²) in [5.74, 6) is -6.29. The molecule has 30 heteroatoms. The lowest BCUT2D eigenvalue weighted by Crippen LogP contribution is -2.65. The molecule has 6 fully saturated rings. The number of halogens is 2. The summed E-state index contributed by atoms with van der Waals surface area (Å²) in [6.07, 6.45) is 22.2. The fraction of sp³-hybridized carbons (Fsp3) is 0.603. The molecule has 0 radical (unpaired) electrons. The van der Waals surface area contributed by atoms with Crippen molar-refractivity contribution in [1.29, 1.82) is 0 Å². The van der Waals surface area contributed by atoms with E-state index in [1.165, 1.54) is 37.2 Å². The predicted molar refractivity (Wildman–Crippen MR) is 404 cm³/mol. The van der Waals surface area contributed by atoms with Gasteiger partial charge in [0.15, 0.2) is 6.10 Å². The summed E-state index contributed by atoms with van der Waals surface area (Å²) in [5.41, 5.74) is 11.4. The van der Waals surface area contributed by atoms with Crippen LogP contribution < -0.4 is 43.4 Å². The van der Waals surface area contributed by atoms with Crippen molar-refractivity contribution in [3.8, 4) is 0 Å². The van der Waals surface area contributed by atoms with Crippen molar-refractivity contribution in [1.82, 2.24) is 71.4 Å². The number of aromatic nitrogens is 4. The molecule has 4 aliphatic carbocycles. The van der Waals surface area contributed by atoms with Gasteiger partial charge in [0.1, 0.15) is 47.6 Å². The summed E-state index contributed by atoms with van der Waals surface area (Å²) in [6, 6.07) is 7.09. The highest BCUT2D eigenvalue weighted by Gasteiger charge is 2.47. The second-order valence-electron chi connectivity index (χ2n) is 32.1. The zero-order valence-electron chi connectivity index (χ0n) is 62.9. The van der Waals surface area contributed by atoms with Gasteiger partial charge >= 0.3 is 0 Å². The van der Waals surface area contributed by atoms with E-state index in [0.29, 0.717) is 49.1 Å². The molecule has 9 atom stereocenters. The molecule has 586 valence electrons. The molecular formula is C78H108Cl2N16O12. The maximum absolute atomic E-state index is 14.5. The number of carbonyl (C=O) groups excluding carboxylic acids is 11. The number of nitrogens with two attached hydrogens (primary N) is 2. The number of hydrogen-bond acceptors (Lipinski definition) is 18.